The van der Waals surface area contributed by atoms with Crippen molar-refractivity contribution in [3.63, 3.8) is 0 Å². The number of carbonyl (C=O) groups is 2. The highest BCUT2D eigenvalue weighted by molar-refractivity contribution is 6.00. The molecule has 0 aliphatic carbocycles. The molecule has 7 nitrogen and oxygen atoms in total. The average molecular weight is 328 g/mol. The number of piperazine rings is 1. The summed E-state index contributed by atoms with van der Waals surface area (Å²) >= 11 is 0. The summed E-state index contributed by atoms with van der Waals surface area (Å²) in [5, 5.41) is 16.2. The molecule has 0 spiro atoms. The largest absolute Gasteiger partial charge is 0.480 e. The minimum absolute atomic E-state index is 0.170. The summed E-state index contributed by atoms with van der Waals surface area (Å²) in [7, 11) is 1.76. The number of aromatic nitrogens is 2. The summed E-state index contributed by atoms with van der Waals surface area (Å²) in [6.45, 7) is 3.18. The maximum atomic E-state index is 12.9. The van der Waals surface area contributed by atoms with Gasteiger partial charge >= 0.3 is 5.97 Å². The fourth-order valence-electron chi connectivity index (χ4n) is 2.96. The van der Waals surface area contributed by atoms with Crippen molar-refractivity contribution < 1.29 is 14.7 Å². The Labute approximate surface area is 139 Å². The highest BCUT2D eigenvalue weighted by Crippen LogP contribution is 2.24. The third-order valence-electron chi connectivity index (χ3n) is 4.40. The highest BCUT2D eigenvalue weighted by atomic mass is 16.4. The molecule has 1 aromatic carbocycles. The van der Waals surface area contributed by atoms with Crippen molar-refractivity contribution in [3.05, 3.63) is 41.6 Å². The van der Waals surface area contributed by atoms with Crippen LogP contribution in [-0.2, 0) is 4.79 Å². The fourth-order valence-corrected chi connectivity index (χ4v) is 2.96. The molecular formula is C17H20N4O3. The number of carboxylic acids is 1. The Hall–Kier alpha value is -2.67. The fraction of sp³-hybridized carbons (Fsp3) is 0.353. The number of hydrogen-bond donors (Lipinski definition) is 2. The molecule has 1 fully saturated rings. The molecule has 0 radical (unpaired) electrons. The van der Waals surface area contributed by atoms with Gasteiger partial charge in [-0.2, -0.15) is 5.10 Å². The molecule has 1 atom stereocenters. The van der Waals surface area contributed by atoms with E-state index in [4.69, 9.17) is 0 Å². The molecule has 24 heavy (non-hydrogen) atoms. The van der Waals surface area contributed by atoms with E-state index in [9.17, 15) is 14.7 Å². The number of likely N-dealkylation sites (N-methyl/N-ethyl adjacent to an activating group) is 1. The van der Waals surface area contributed by atoms with Crippen molar-refractivity contribution in [2.24, 2.45) is 0 Å². The van der Waals surface area contributed by atoms with Gasteiger partial charge in [0.25, 0.3) is 5.91 Å². The van der Waals surface area contributed by atoms with Gasteiger partial charge in [-0.15, -0.1) is 0 Å². The standard InChI is InChI=1S/C17H20N4O3/c1-11-4-3-5-12(8-11)15-13(9-18-19-15)16(22)21-7-6-20(2)14(10-21)17(23)24/h3-5,8-9,14H,6-7,10H2,1-2H3,(H,18,19)(H,23,24)/t14-/m0/s1. The zero-order valence-electron chi connectivity index (χ0n) is 13.7. The lowest BCUT2D eigenvalue weighted by molar-refractivity contribution is -0.144. The Morgan fingerprint density at radius 3 is 2.83 bits per heavy atom. The van der Waals surface area contributed by atoms with Gasteiger partial charge in [-0.25, -0.2) is 0 Å². The van der Waals surface area contributed by atoms with Crippen LogP contribution in [0.25, 0.3) is 11.3 Å². The van der Waals surface area contributed by atoms with Crippen molar-refractivity contribution in [3.8, 4) is 11.3 Å². The summed E-state index contributed by atoms with van der Waals surface area (Å²) in [5.74, 6) is -1.11. The third-order valence-corrected chi connectivity index (χ3v) is 4.40. The second kappa shape index (κ2) is 6.45. The van der Waals surface area contributed by atoms with E-state index in [1.54, 1.807) is 16.8 Å². The number of rotatable bonds is 3. The number of benzene rings is 1. The number of H-pyrrole nitrogens is 1. The van der Waals surface area contributed by atoms with Gasteiger partial charge in [0, 0.05) is 25.2 Å². The van der Waals surface area contributed by atoms with Gasteiger partial charge in [0.15, 0.2) is 0 Å². The monoisotopic (exact) mass is 328 g/mol. The van der Waals surface area contributed by atoms with Gasteiger partial charge in [-0.3, -0.25) is 19.6 Å². The number of aryl methyl sites for hydroxylation is 1. The zero-order valence-corrected chi connectivity index (χ0v) is 13.7. The lowest BCUT2D eigenvalue weighted by Crippen LogP contribution is -2.56. The number of aliphatic carboxylic acids is 1. The molecule has 3 rings (SSSR count). The van der Waals surface area contributed by atoms with E-state index in [1.165, 1.54) is 6.20 Å². The Bertz CT molecular complexity index is 771. The predicted molar refractivity (Wildman–Crippen MR) is 88.7 cm³/mol. The van der Waals surface area contributed by atoms with Gasteiger partial charge in [-0.1, -0.05) is 23.8 Å². The van der Waals surface area contributed by atoms with Crippen LogP contribution in [-0.4, -0.2) is 69.7 Å². The molecular weight excluding hydrogens is 308 g/mol. The first-order valence-corrected chi connectivity index (χ1v) is 7.80. The smallest absolute Gasteiger partial charge is 0.322 e. The second-order valence-corrected chi connectivity index (χ2v) is 6.11. The van der Waals surface area contributed by atoms with Crippen molar-refractivity contribution in [2.45, 2.75) is 13.0 Å². The lowest BCUT2D eigenvalue weighted by Gasteiger charge is -2.37. The summed E-state index contributed by atoms with van der Waals surface area (Å²) in [6, 6.07) is 7.13. The number of carbonyl (C=O) groups excluding carboxylic acids is 1. The van der Waals surface area contributed by atoms with Crippen molar-refractivity contribution >= 4 is 11.9 Å². The minimum atomic E-state index is -0.916. The number of nitrogens with zero attached hydrogens (tertiary/aromatic N) is 3. The third kappa shape index (κ3) is 3.03. The van der Waals surface area contributed by atoms with Crippen LogP contribution in [0.4, 0.5) is 0 Å². The van der Waals surface area contributed by atoms with E-state index >= 15 is 0 Å². The maximum Gasteiger partial charge on any atom is 0.322 e. The lowest BCUT2D eigenvalue weighted by atomic mass is 10.0. The van der Waals surface area contributed by atoms with Crippen LogP contribution in [0, 0.1) is 6.92 Å². The molecule has 0 bridgehead atoms. The molecule has 1 amide bonds. The second-order valence-electron chi connectivity index (χ2n) is 6.11. The van der Waals surface area contributed by atoms with Crippen LogP contribution in [0.5, 0.6) is 0 Å². The topological polar surface area (TPSA) is 89.5 Å². The number of amides is 1. The van der Waals surface area contributed by atoms with Gasteiger partial charge in [0.05, 0.1) is 17.5 Å². The molecule has 1 aromatic heterocycles. The zero-order chi connectivity index (χ0) is 17.3. The Morgan fingerprint density at radius 1 is 1.33 bits per heavy atom. The van der Waals surface area contributed by atoms with E-state index in [1.807, 2.05) is 31.2 Å². The highest BCUT2D eigenvalue weighted by Gasteiger charge is 2.33. The first-order valence-electron chi connectivity index (χ1n) is 7.80. The van der Waals surface area contributed by atoms with Gasteiger partial charge < -0.3 is 10.0 Å². The molecule has 1 aliphatic heterocycles. The molecule has 7 heteroatoms. The summed E-state index contributed by atoms with van der Waals surface area (Å²) < 4.78 is 0. The molecule has 1 saturated heterocycles. The molecule has 2 aromatic rings. The van der Waals surface area contributed by atoms with Crippen LogP contribution in [0.1, 0.15) is 15.9 Å². The van der Waals surface area contributed by atoms with Gasteiger partial charge in [0.1, 0.15) is 6.04 Å². The van der Waals surface area contributed by atoms with Crippen LogP contribution in [0.15, 0.2) is 30.5 Å². The predicted octanol–water partition coefficient (Wildman–Crippen LogP) is 1.23. The summed E-state index contributed by atoms with van der Waals surface area (Å²) in [5.41, 5.74) is 3.11. The first kappa shape index (κ1) is 16.2. The van der Waals surface area contributed by atoms with Gasteiger partial charge in [-0.05, 0) is 20.0 Å². The summed E-state index contributed by atoms with van der Waals surface area (Å²) in [4.78, 5) is 27.6. The minimum Gasteiger partial charge on any atom is -0.480 e. The van der Waals surface area contributed by atoms with Crippen molar-refractivity contribution in [1.29, 1.82) is 0 Å². The molecule has 1 aliphatic rings. The Kier molecular flexibility index (Phi) is 4.35. The molecule has 2 N–H and O–H groups in total. The van der Waals surface area contributed by atoms with Crippen LogP contribution >= 0.6 is 0 Å². The van der Waals surface area contributed by atoms with E-state index in [0.717, 1.165) is 11.1 Å². The SMILES string of the molecule is Cc1cccc(-c2[nH]ncc2C(=O)N2CCN(C)[C@H](C(=O)O)C2)c1. The Balaban J connectivity index is 1.87. The van der Waals surface area contributed by atoms with Crippen molar-refractivity contribution in [2.75, 3.05) is 26.7 Å². The van der Waals surface area contributed by atoms with Gasteiger partial charge in [0.2, 0.25) is 0 Å². The van der Waals surface area contributed by atoms with Crippen LogP contribution in [0.2, 0.25) is 0 Å². The molecule has 2 heterocycles. The van der Waals surface area contributed by atoms with Crippen molar-refractivity contribution in [1.82, 2.24) is 20.0 Å². The van der Waals surface area contributed by atoms with Crippen LogP contribution < -0.4 is 0 Å². The van der Waals surface area contributed by atoms with Crippen LogP contribution in [0.3, 0.4) is 0 Å². The number of carboxylic acid groups (broad SMARTS) is 1. The maximum absolute atomic E-state index is 12.9. The summed E-state index contributed by atoms with van der Waals surface area (Å²) in [6.07, 6.45) is 1.51. The Morgan fingerprint density at radius 2 is 2.12 bits per heavy atom. The van der Waals surface area contributed by atoms with E-state index in [-0.39, 0.29) is 12.5 Å². The first-order chi connectivity index (χ1) is 11.5. The van der Waals surface area contributed by atoms with E-state index < -0.39 is 12.0 Å². The van der Waals surface area contributed by atoms with E-state index in [0.29, 0.717) is 24.3 Å². The molecule has 126 valence electrons. The van der Waals surface area contributed by atoms with E-state index in [2.05, 4.69) is 10.2 Å². The average Bonchev–Trinajstić information content (AvgIpc) is 3.04. The normalized spacial score (nSPS) is 18.6. The number of hydrogen-bond acceptors (Lipinski definition) is 4. The molecule has 0 unspecified atom stereocenters. The number of aromatic amines is 1. The molecule has 0 saturated carbocycles. The number of nitrogens with one attached hydrogen (secondary N) is 1. The quantitative estimate of drug-likeness (QED) is 0.884.